The summed E-state index contributed by atoms with van der Waals surface area (Å²) in [6.07, 6.45) is 6.35. The van der Waals surface area contributed by atoms with Gasteiger partial charge in [-0.3, -0.25) is 4.79 Å². The molecule has 4 nitrogen and oxygen atoms in total. The monoisotopic (exact) mass is 316 g/mol. The van der Waals surface area contributed by atoms with Gasteiger partial charge in [-0.1, -0.05) is 42.5 Å². The number of hydrogen-bond acceptors (Lipinski definition) is 3. The Bertz CT molecular complexity index is 462. The lowest BCUT2D eigenvalue weighted by Gasteiger charge is -2.21. The summed E-state index contributed by atoms with van der Waals surface area (Å²) in [7, 11) is 0. The number of halogens is 2. The minimum absolute atomic E-state index is 0.150. The number of amides is 1. The minimum atomic E-state index is -0.329. The van der Waals surface area contributed by atoms with Crippen LogP contribution in [-0.4, -0.2) is 30.1 Å². The molecule has 2 rings (SSSR count). The van der Waals surface area contributed by atoms with Crippen molar-refractivity contribution in [2.24, 2.45) is 0 Å². The van der Waals surface area contributed by atoms with Crippen LogP contribution in [-0.2, 0) is 4.74 Å². The van der Waals surface area contributed by atoms with Gasteiger partial charge >= 0.3 is 0 Å². The topological polar surface area (TPSA) is 51.2 Å². The van der Waals surface area contributed by atoms with Gasteiger partial charge in [-0.15, -0.1) is 0 Å². The standard InChI is InChI=1S/C14H18Cl2N2O2/c15-11-6-7-12(16)18-13(11)14(19)17-8-9-20-10-4-2-1-3-5-10/h6-7,10H,1-5,8-9H2,(H,17,19). The lowest BCUT2D eigenvalue weighted by atomic mass is 9.98. The summed E-state index contributed by atoms with van der Waals surface area (Å²) in [6.45, 7) is 0.953. The number of ether oxygens (including phenoxy) is 1. The molecule has 6 heteroatoms. The third kappa shape index (κ3) is 4.62. The van der Waals surface area contributed by atoms with Gasteiger partial charge in [0, 0.05) is 6.54 Å². The molecule has 1 heterocycles. The maximum absolute atomic E-state index is 11.9. The van der Waals surface area contributed by atoms with Crippen molar-refractivity contribution < 1.29 is 9.53 Å². The van der Waals surface area contributed by atoms with Crippen molar-refractivity contribution in [2.75, 3.05) is 13.2 Å². The third-order valence-electron chi connectivity index (χ3n) is 3.32. The molecule has 1 aromatic heterocycles. The lowest BCUT2D eigenvalue weighted by Crippen LogP contribution is -2.30. The minimum Gasteiger partial charge on any atom is -0.376 e. The Morgan fingerprint density at radius 2 is 2.05 bits per heavy atom. The highest BCUT2D eigenvalue weighted by atomic mass is 35.5. The van der Waals surface area contributed by atoms with E-state index >= 15 is 0 Å². The summed E-state index contributed by atoms with van der Waals surface area (Å²) in [5.74, 6) is -0.329. The number of pyridine rings is 1. The normalized spacial score (nSPS) is 16.1. The second-order valence-electron chi connectivity index (χ2n) is 4.85. The quantitative estimate of drug-likeness (QED) is 0.668. The van der Waals surface area contributed by atoms with Gasteiger partial charge in [-0.05, 0) is 25.0 Å². The largest absolute Gasteiger partial charge is 0.376 e. The zero-order valence-electron chi connectivity index (χ0n) is 11.2. The van der Waals surface area contributed by atoms with Gasteiger partial charge in [0.2, 0.25) is 0 Å². The van der Waals surface area contributed by atoms with Crippen molar-refractivity contribution in [1.29, 1.82) is 0 Å². The zero-order valence-corrected chi connectivity index (χ0v) is 12.7. The SMILES string of the molecule is O=C(NCCOC1CCCCC1)c1nc(Cl)ccc1Cl. The third-order valence-corrected chi connectivity index (χ3v) is 3.84. The van der Waals surface area contributed by atoms with Crippen LogP contribution in [0.3, 0.4) is 0 Å². The van der Waals surface area contributed by atoms with Crippen LogP contribution in [0.4, 0.5) is 0 Å². The Labute approximate surface area is 128 Å². The van der Waals surface area contributed by atoms with E-state index in [0.717, 1.165) is 12.8 Å². The average Bonchev–Trinajstić information content (AvgIpc) is 2.47. The molecule has 0 saturated heterocycles. The maximum atomic E-state index is 11.9. The number of carbonyl (C=O) groups excluding carboxylic acids is 1. The van der Waals surface area contributed by atoms with E-state index in [2.05, 4.69) is 10.3 Å². The number of nitrogens with zero attached hydrogens (tertiary/aromatic N) is 1. The fourth-order valence-electron chi connectivity index (χ4n) is 2.28. The van der Waals surface area contributed by atoms with Crippen LogP contribution < -0.4 is 5.32 Å². The lowest BCUT2D eigenvalue weighted by molar-refractivity contribution is 0.0299. The number of rotatable bonds is 5. The van der Waals surface area contributed by atoms with Crippen LogP contribution in [0.2, 0.25) is 10.2 Å². The van der Waals surface area contributed by atoms with Gasteiger partial charge in [-0.2, -0.15) is 0 Å². The van der Waals surface area contributed by atoms with Crippen molar-refractivity contribution >= 4 is 29.1 Å². The summed E-state index contributed by atoms with van der Waals surface area (Å²) in [5.41, 5.74) is 0.150. The van der Waals surface area contributed by atoms with Gasteiger partial charge in [0.05, 0.1) is 17.7 Å². The molecule has 0 atom stereocenters. The molecule has 1 aromatic rings. The van der Waals surface area contributed by atoms with Gasteiger partial charge in [-0.25, -0.2) is 4.98 Å². The van der Waals surface area contributed by atoms with Gasteiger partial charge in [0.1, 0.15) is 10.8 Å². The highest BCUT2D eigenvalue weighted by Crippen LogP contribution is 2.20. The second kappa shape index (κ2) is 7.81. The van der Waals surface area contributed by atoms with Crippen LogP contribution >= 0.6 is 23.2 Å². The molecule has 1 amide bonds. The van der Waals surface area contributed by atoms with E-state index in [1.165, 1.54) is 19.3 Å². The fraction of sp³-hybridized carbons (Fsp3) is 0.571. The average molecular weight is 317 g/mol. The first-order valence-corrected chi connectivity index (χ1v) is 7.64. The Morgan fingerprint density at radius 3 is 2.80 bits per heavy atom. The molecule has 20 heavy (non-hydrogen) atoms. The summed E-state index contributed by atoms with van der Waals surface area (Å²) in [6, 6.07) is 3.11. The molecule has 0 unspecified atom stereocenters. The number of nitrogens with one attached hydrogen (secondary N) is 1. The zero-order chi connectivity index (χ0) is 14.4. The second-order valence-corrected chi connectivity index (χ2v) is 5.65. The molecule has 110 valence electrons. The van der Waals surface area contributed by atoms with Crippen LogP contribution in [0.15, 0.2) is 12.1 Å². The smallest absolute Gasteiger partial charge is 0.271 e. The van der Waals surface area contributed by atoms with E-state index in [1.807, 2.05) is 0 Å². The van der Waals surface area contributed by atoms with Crippen LogP contribution in [0.1, 0.15) is 42.6 Å². The molecular weight excluding hydrogens is 299 g/mol. The number of hydrogen-bond donors (Lipinski definition) is 1. The van der Waals surface area contributed by atoms with Crippen molar-refractivity contribution in [3.8, 4) is 0 Å². The van der Waals surface area contributed by atoms with Crippen molar-refractivity contribution in [1.82, 2.24) is 10.3 Å². The Balaban J connectivity index is 1.73. The van der Waals surface area contributed by atoms with Gasteiger partial charge in [0.25, 0.3) is 5.91 Å². The van der Waals surface area contributed by atoms with E-state index < -0.39 is 0 Å². The van der Waals surface area contributed by atoms with Crippen molar-refractivity contribution in [3.63, 3.8) is 0 Å². The van der Waals surface area contributed by atoms with E-state index in [9.17, 15) is 4.79 Å². The van der Waals surface area contributed by atoms with Crippen LogP contribution in [0.25, 0.3) is 0 Å². The Hall–Kier alpha value is -0.840. The molecule has 0 spiro atoms. The molecule has 1 aliphatic carbocycles. The molecular formula is C14H18Cl2N2O2. The van der Waals surface area contributed by atoms with Crippen LogP contribution in [0.5, 0.6) is 0 Å². The first kappa shape index (κ1) is 15.5. The summed E-state index contributed by atoms with van der Waals surface area (Å²) < 4.78 is 5.73. The number of carbonyl (C=O) groups is 1. The van der Waals surface area contributed by atoms with E-state index in [0.29, 0.717) is 24.3 Å². The maximum Gasteiger partial charge on any atom is 0.271 e. The predicted molar refractivity (Wildman–Crippen MR) is 79.4 cm³/mol. The van der Waals surface area contributed by atoms with Crippen molar-refractivity contribution in [2.45, 2.75) is 38.2 Å². The van der Waals surface area contributed by atoms with Crippen molar-refractivity contribution in [3.05, 3.63) is 28.0 Å². The molecule has 0 aliphatic heterocycles. The Kier molecular flexibility index (Phi) is 6.07. The van der Waals surface area contributed by atoms with Gasteiger partial charge < -0.3 is 10.1 Å². The summed E-state index contributed by atoms with van der Waals surface area (Å²) in [5, 5.41) is 3.28. The molecule has 0 aromatic carbocycles. The molecule has 1 fully saturated rings. The predicted octanol–water partition coefficient (Wildman–Crippen LogP) is 3.47. The van der Waals surface area contributed by atoms with E-state index in [-0.39, 0.29) is 16.8 Å². The summed E-state index contributed by atoms with van der Waals surface area (Å²) >= 11 is 11.7. The Morgan fingerprint density at radius 1 is 1.30 bits per heavy atom. The molecule has 1 N–H and O–H groups in total. The summed E-state index contributed by atoms with van der Waals surface area (Å²) in [4.78, 5) is 15.8. The molecule has 1 saturated carbocycles. The fourth-order valence-corrected chi connectivity index (χ4v) is 2.62. The highest BCUT2D eigenvalue weighted by molar-refractivity contribution is 6.34. The van der Waals surface area contributed by atoms with E-state index in [1.54, 1.807) is 12.1 Å². The van der Waals surface area contributed by atoms with Crippen LogP contribution in [0, 0.1) is 0 Å². The first-order valence-electron chi connectivity index (χ1n) is 6.88. The first-order chi connectivity index (χ1) is 9.66. The number of aromatic nitrogens is 1. The van der Waals surface area contributed by atoms with E-state index in [4.69, 9.17) is 27.9 Å². The molecule has 1 aliphatic rings. The van der Waals surface area contributed by atoms with Gasteiger partial charge in [0.15, 0.2) is 0 Å². The highest BCUT2D eigenvalue weighted by Gasteiger charge is 2.15. The molecule has 0 radical (unpaired) electrons. The molecule has 0 bridgehead atoms.